The Bertz CT molecular complexity index is 1160. The number of allylic oxidation sites excluding steroid dienone is 1. The summed E-state index contributed by atoms with van der Waals surface area (Å²) in [4.78, 5) is 0. The summed E-state index contributed by atoms with van der Waals surface area (Å²) in [5, 5.41) is 0. The van der Waals surface area contributed by atoms with E-state index in [4.69, 9.17) is 0 Å². The average Bonchev–Trinajstić information content (AvgIpc) is 3.61. The molecule has 2 aliphatic carbocycles. The molecule has 0 amide bonds. The third kappa shape index (κ3) is 2.81. The molecular formula is C30H35N2+. The first kappa shape index (κ1) is 20.0. The molecule has 2 saturated carbocycles. The van der Waals surface area contributed by atoms with Crippen LogP contribution >= 0.6 is 0 Å². The quantitative estimate of drug-likeness (QED) is 0.400. The van der Waals surface area contributed by atoms with Gasteiger partial charge in [0.2, 0.25) is 0 Å². The Balaban J connectivity index is 1.68. The number of fused-ring (bicyclic) bond motifs is 1. The predicted molar refractivity (Wildman–Crippen MR) is 131 cm³/mol. The van der Waals surface area contributed by atoms with Gasteiger partial charge >= 0.3 is 0 Å². The monoisotopic (exact) mass is 423 g/mol. The molecule has 2 nitrogen and oxygen atoms in total. The zero-order valence-corrected chi connectivity index (χ0v) is 19.6. The Kier molecular flexibility index (Phi) is 4.86. The average molecular weight is 424 g/mol. The SMILES string of the molecule is Cc1ccccc1-n1c(C)c2[n+](c1C1CCCC1)C(c1ccccc1)(C1CCCC1)C=C2. The van der Waals surface area contributed by atoms with Crippen LogP contribution in [0.4, 0.5) is 0 Å². The molecular weight excluding hydrogens is 388 g/mol. The van der Waals surface area contributed by atoms with Crippen molar-refractivity contribution in [3.63, 3.8) is 0 Å². The van der Waals surface area contributed by atoms with Crippen LogP contribution in [0.25, 0.3) is 11.8 Å². The summed E-state index contributed by atoms with van der Waals surface area (Å²) in [5.41, 5.74) is 6.95. The van der Waals surface area contributed by atoms with Crippen molar-refractivity contribution in [2.24, 2.45) is 5.92 Å². The summed E-state index contributed by atoms with van der Waals surface area (Å²) in [6.45, 7) is 4.61. The number of aromatic nitrogens is 2. The van der Waals surface area contributed by atoms with E-state index in [0.717, 1.165) is 0 Å². The van der Waals surface area contributed by atoms with Crippen molar-refractivity contribution in [1.29, 1.82) is 0 Å². The van der Waals surface area contributed by atoms with E-state index in [2.05, 4.69) is 89.7 Å². The smallest absolute Gasteiger partial charge is 0.213 e. The highest BCUT2D eigenvalue weighted by Gasteiger charge is 2.53. The molecule has 32 heavy (non-hydrogen) atoms. The summed E-state index contributed by atoms with van der Waals surface area (Å²) >= 11 is 0. The molecule has 2 heteroatoms. The van der Waals surface area contributed by atoms with Crippen molar-refractivity contribution in [3.8, 4) is 5.69 Å². The standard InChI is InChI=1S/C30H35N2/c1-22-12-6-11-19-27(22)31-23(2)28-20-21-30(26-17-9-10-18-26,25-15-4-3-5-16-25)32(28)29(31)24-13-7-8-14-24/h3-6,11-12,15-16,19-21,24,26H,7-10,13-14,17-18H2,1-2H3/q+1. The van der Waals surface area contributed by atoms with Gasteiger partial charge in [0.25, 0.3) is 5.82 Å². The van der Waals surface area contributed by atoms with Crippen LogP contribution in [0.5, 0.6) is 0 Å². The van der Waals surface area contributed by atoms with Crippen LogP contribution < -0.4 is 4.57 Å². The Morgan fingerprint density at radius 3 is 2.19 bits per heavy atom. The van der Waals surface area contributed by atoms with Crippen LogP contribution in [0, 0.1) is 19.8 Å². The summed E-state index contributed by atoms with van der Waals surface area (Å²) in [6.07, 6.45) is 15.7. The fourth-order valence-electron chi connectivity index (χ4n) is 7.05. The lowest BCUT2D eigenvalue weighted by atomic mass is 9.77. The van der Waals surface area contributed by atoms with Gasteiger partial charge in [-0.15, -0.1) is 0 Å². The fourth-order valence-corrected chi connectivity index (χ4v) is 7.05. The van der Waals surface area contributed by atoms with E-state index in [1.165, 1.54) is 79.6 Å². The first-order chi connectivity index (χ1) is 15.7. The summed E-state index contributed by atoms with van der Waals surface area (Å²) in [5.74, 6) is 2.84. The lowest BCUT2D eigenvalue weighted by Crippen LogP contribution is -2.61. The Morgan fingerprint density at radius 2 is 1.47 bits per heavy atom. The van der Waals surface area contributed by atoms with E-state index in [-0.39, 0.29) is 5.54 Å². The maximum Gasteiger partial charge on any atom is 0.266 e. The fraction of sp³-hybridized carbons (Fsp3) is 0.433. The van der Waals surface area contributed by atoms with E-state index in [9.17, 15) is 0 Å². The molecule has 0 bridgehead atoms. The van der Waals surface area contributed by atoms with Crippen LogP contribution in [0.3, 0.4) is 0 Å². The van der Waals surface area contributed by atoms with Crippen molar-refractivity contribution >= 4 is 6.08 Å². The number of imidazole rings is 1. The van der Waals surface area contributed by atoms with Crippen molar-refractivity contribution in [1.82, 2.24) is 4.57 Å². The third-order valence-electron chi connectivity index (χ3n) is 8.56. The first-order valence-corrected chi connectivity index (χ1v) is 12.7. The minimum absolute atomic E-state index is 0.0519. The number of hydrogen-bond acceptors (Lipinski definition) is 0. The minimum atomic E-state index is -0.0519. The molecule has 0 spiro atoms. The largest absolute Gasteiger partial charge is 0.266 e. The molecule has 164 valence electrons. The van der Waals surface area contributed by atoms with Crippen molar-refractivity contribution in [2.45, 2.75) is 76.7 Å². The second-order valence-electron chi connectivity index (χ2n) is 10.3. The van der Waals surface area contributed by atoms with E-state index in [0.29, 0.717) is 11.8 Å². The first-order valence-electron chi connectivity index (χ1n) is 12.7. The summed E-state index contributed by atoms with van der Waals surface area (Å²) < 4.78 is 5.45. The van der Waals surface area contributed by atoms with Crippen LogP contribution in [-0.2, 0) is 5.54 Å². The van der Waals surface area contributed by atoms with Gasteiger partial charge in [-0.05, 0) is 56.4 Å². The molecule has 3 aromatic rings. The van der Waals surface area contributed by atoms with Gasteiger partial charge < -0.3 is 0 Å². The second-order valence-corrected chi connectivity index (χ2v) is 10.3. The Labute approximate surface area is 192 Å². The number of aryl methyl sites for hydroxylation is 1. The molecule has 6 rings (SSSR count). The third-order valence-corrected chi connectivity index (χ3v) is 8.56. The lowest BCUT2D eigenvalue weighted by Gasteiger charge is -2.34. The molecule has 3 aliphatic rings. The lowest BCUT2D eigenvalue weighted by molar-refractivity contribution is -0.754. The molecule has 0 N–H and O–H groups in total. The predicted octanol–water partition coefficient (Wildman–Crippen LogP) is 7.00. The zero-order chi connectivity index (χ0) is 21.7. The van der Waals surface area contributed by atoms with Gasteiger partial charge in [-0.3, -0.25) is 0 Å². The second kappa shape index (κ2) is 7.76. The van der Waals surface area contributed by atoms with Crippen LogP contribution in [0.1, 0.15) is 85.6 Å². The van der Waals surface area contributed by atoms with E-state index < -0.39 is 0 Å². The molecule has 1 aromatic heterocycles. The number of rotatable bonds is 4. The number of para-hydroxylation sites is 1. The number of hydrogen-bond donors (Lipinski definition) is 0. The molecule has 0 radical (unpaired) electrons. The van der Waals surface area contributed by atoms with E-state index in [1.54, 1.807) is 5.82 Å². The van der Waals surface area contributed by atoms with Crippen molar-refractivity contribution < 1.29 is 4.57 Å². The molecule has 2 aromatic carbocycles. The minimum Gasteiger partial charge on any atom is -0.213 e. The van der Waals surface area contributed by atoms with Gasteiger partial charge in [0.05, 0.1) is 5.92 Å². The maximum absolute atomic E-state index is 2.82. The Morgan fingerprint density at radius 1 is 0.812 bits per heavy atom. The van der Waals surface area contributed by atoms with E-state index in [1.807, 2.05) is 0 Å². The normalized spacial score (nSPS) is 23.3. The number of benzene rings is 2. The highest BCUT2D eigenvalue weighted by atomic mass is 15.2. The molecule has 1 atom stereocenters. The Hall–Kier alpha value is -2.61. The van der Waals surface area contributed by atoms with Crippen molar-refractivity contribution in [2.75, 3.05) is 0 Å². The molecule has 1 aliphatic heterocycles. The molecule has 1 unspecified atom stereocenters. The number of nitrogens with zero attached hydrogens (tertiary/aromatic N) is 2. The van der Waals surface area contributed by atoms with Gasteiger partial charge in [-0.1, -0.05) is 74.2 Å². The van der Waals surface area contributed by atoms with Gasteiger partial charge in [-0.2, -0.15) is 4.57 Å². The van der Waals surface area contributed by atoms with Gasteiger partial charge in [0.15, 0.2) is 16.9 Å². The zero-order valence-electron chi connectivity index (χ0n) is 19.6. The summed E-state index contributed by atoms with van der Waals surface area (Å²) in [6, 6.07) is 20.3. The van der Waals surface area contributed by atoms with E-state index >= 15 is 0 Å². The van der Waals surface area contributed by atoms with Gasteiger partial charge in [0.1, 0.15) is 5.69 Å². The molecule has 2 fully saturated rings. The highest BCUT2D eigenvalue weighted by molar-refractivity contribution is 5.56. The summed E-state index contributed by atoms with van der Waals surface area (Å²) in [7, 11) is 0. The highest BCUT2D eigenvalue weighted by Crippen LogP contribution is 2.47. The van der Waals surface area contributed by atoms with Gasteiger partial charge in [-0.25, -0.2) is 4.57 Å². The van der Waals surface area contributed by atoms with Gasteiger partial charge in [0, 0.05) is 18.4 Å². The van der Waals surface area contributed by atoms with Crippen molar-refractivity contribution in [3.05, 3.63) is 89.0 Å². The molecule has 2 heterocycles. The molecule has 0 saturated heterocycles. The van der Waals surface area contributed by atoms with Crippen LogP contribution in [-0.4, -0.2) is 4.57 Å². The van der Waals surface area contributed by atoms with Crippen LogP contribution in [0.2, 0.25) is 0 Å². The van der Waals surface area contributed by atoms with Crippen LogP contribution in [0.15, 0.2) is 60.7 Å². The topological polar surface area (TPSA) is 8.81 Å². The maximum atomic E-state index is 2.82.